The number of nitrogens with zero attached hydrogens (tertiary/aromatic N) is 2. The predicted molar refractivity (Wildman–Crippen MR) is 99.7 cm³/mol. The van der Waals surface area contributed by atoms with Gasteiger partial charge in [0.25, 0.3) is 0 Å². The van der Waals surface area contributed by atoms with E-state index >= 15 is 0 Å². The van der Waals surface area contributed by atoms with Gasteiger partial charge in [-0.3, -0.25) is 4.98 Å². The normalized spacial score (nSPS) is 11.9. The Balaban J connectivity index is 1.80. The number of rotatable bonds is 2. The number of benzene rings is 2. The van der Waals surface area contributed by atoms with Gasteiger partial charge in [-0.2, -0.15) is 13.2 Å². The summed E-state index contributed by atoms with van der Waals surface area (Å²) in [6.45, 7) is 0. The summed E-state index contributed by atoms with van der Waals surface area (Å²) in [6.07, 6.45) is -3.02. The summed E-state index contributed by atoms with van der Waals surface area (Å²) >= 11 is 12.0. The Labute approximate surface area is 166 Å². The second-order valence-corrected chi connectivity index (χ2v) is 6.78. The van der Waals surface area contributed by atoms with E-state index < -0.39 is 17.6 Å². The van der Waals surface area contributed by atoms with Crippen molar-refractivity contribution in [2.24, 2.45) is 0 Å². The van der Waals surface area contributed by atoms with Crippen molar-refractivity contribution in [2.75, 3.05) is 0 Å². The summed E-state index contributed by atoms with van der Waals surface area (Å²) in [7, 11) is 0. The molecule has 0 aliphatic carbocycles. The van der Waals surface area contributed by atoms with Gasteiger partial charge in [0, 0.05) is 11.8 Å². The van der Waals surface area contributed by atoms with Crippen molar-refractivity contribution in [3.8, 4) is 22.6 Å². The number of nitrogens with one attached hydrogen (secondary N) is 1. The number of hydrogen-bond donors (Lipinski definition) is 1. The maximum Gasteiger partial charge on any atom is 0.416 e. The van der Waals surface area contributed by atoms with Crippen LogP contribution in [-0.2, 0) is 6.18 Å². The molecule has 0 amide bonds. The number of pyridine rings is 1. The van der Waals surface area contributed by atoms with Gasteiger partial charge in [-0.1, -0.05) is 29.3 Å². The molecule has 0 unspecified atom stereocenters. The first-order valence-electron chi connectivity index (χ1n) is 7.91. The van der Waals surface area contributed by atoms with Crippen LogP contribution in [0.3, 0.4) is 0 Å². The van der Waals surface area contributed by atoms with Gasteiger partial charge in [0.1, 0.15) is 17.2 Å². The van der Waals surface area contributed by atoms with Crippen molar-refractivity contribution in [3.63, 3.8) is 0 Å². The van der Waals surface area contributed by atoms with Crippen molar-refractivity contribution in [1.82, 2.24) is 15.0 Å². The van der Waals surface area contributed by atoms with Crippen LogP contribution in [0.15, 0.2) is 48.7 Å². The molecule has 0 atom stereocenters. The molecule has 0 saturated heterocycles. The third-order valence-electron chi connectivity index (χ3n) is 4.12. The monoisotopic (exact) mass is 425 g/mol. The number of alkyl halides is 3. The lowest BCUT2D eigenvalue weighted by molar-refractivity contribution is -0.137. The molecule has 4 aromatic rings. The van der Waals surface area contributed by atoms with Gasteiger partial charge in [-0.05, 0) is 36.4 Å². The Morgan fingerprint density at radius 2 is 1.75 bits per heavy atom. The standard InChI is InChI=1S/C19H9Cl2F4N3/c20-12-2-1-5-26-16(12)9-3-4-11(14(22)6-9)18-27-15-8-10(19(23,24)25)7-13(21)17(15)28-18/h1-8H,(H,27,28). The van der Waals surface area contributed by atoms with Gasteiger partial charge in [0.05, 0.1) is 32.4 Å². The van der Waals surface area contributed by atoms with E-state index in [0.29, 0.717) is 16.3 Å². The third kappa shape index (κ3) is 3.31. The number of halogens is 6. The SMILES string of the molecule is Fc1cc(-c2ncccc2Cl)ccc1-c1nc2c(Cl)cc(C(F)(F)F)cc2[nH]1. The second-order valence-electron chi connectivity index (χ2n) is 5.97. The molecule has 0 fully saturated rings. The zero-order valence-corrected chi connectivity index (χ0v) is 15.3. The average molecular weight is 426 g/mol. The molecule has 4 rings (SSSR count). The summed E-state index contributed by atoms with van der Waals surface area (Å²) in [5, 5.41) is 0.189. The summed E-state index contributed by atoms with van der Waals surface area (Å²) in [5.41, 5.74) is 0.224. The first kappa shape index (κ1) is 18.7. The van der Waals surface area contributed by atoms with Gasteiger partial charge in [-0.15, -0.1) is 0 Å². The summed E-state index contributed by atoms with van der Waals surface area (Å²) in [5.74, 6) is -0.571. The van der Waals surface area contributed by atoms with Crippen molar-refractivity contribution in [2.45, 2.75) is 6.18 Å². The van der Waals surface area contributed by atoms with Crippen molar-refractivity contribution in [1.29, 1.82) is 0 Å². The van der Waals surface area contributed by atoms with Crippen LogP contribution < -0.4 is 0 Å². The number of imidazole rings is 1. The lowest BCUT2D eigenvalue weighted by Crippen LogP contribution is -2.04. The van der Waals surface area contributed by atoms with Gasteiger partial charge in [0.15, 0.2) is 0 Å². The van der Waals surface area contributed by atoms with E-state index in [4.69, 9.17) is 23.2 Å². The summed E-state index contributed by atoms with van der Waals surface area (Å²) in [6, 6.07) is 9.25. The zero-order chi connectivity index (χ0) is 20.1. The van der Waals surface area contributed by atoms with Crippen LogP contribution >= 0.6 is 23.2 Å². The van der Waals surface area contributed by atoms with Gasteiger partial charge in [-0.25, -0.2) is 9.37 Å². The Morgan fingerprint density at radius 3 is 2.43 bits per heavy atom. The molecule has 0 aliphatic heterocycles. The van der Waals surface area contributed by atoms with E-state index in [1.165, 1.54) is 18.3 Å². The van der Waals surface area contributed by atoms with E-state index in [1.807, 2.05) is 0 Å². The maximum absolute atomic E-state index is 14.7. The molecule has 0 spiro atoms. The molecule has 2 heterocycles. The highest BCUT2D eigenvalue weighted by Crippen LogP contribution is 2.36. The Morgan fingerprint density at radius 1 is 0.964 bits per heavy atom. The molecular formula is C19H9Cl2F4N3. The molecule has 0 bridgehead atoms. The van der Waals surface area contributed by atoms with Crippen LogP contribution in [0.5, 0.6) is 0 Å². The van der Waals surface area contributed by atoms with Crippen molar-refractivity contribution < 1.29 is 17.6 Å². The fourth-order valence-corrected chi connectivity index (χ4v) is 3.31. The highest BCUT2D eigenvalue weighted by atomic mass is 35.5. The fraction of sp³-hybridized carbons (Fsp3) is 0.0526. The molecule has 0 radical (unpaired) electrons. The minimum absolute atomic E-state index is 0.0612. The van der Waals surface area contributed by atoms with Crippen LogP contribution in [0.4, 0.5) is 17.6 Å². The van der Waals surface area contributed by atoms with Crippen molar-refractivity contribution >= 4 is 34.2 Å². The Bertz CT molecular complexity index is 1200. The smallest absolute Gasteiger partial charge is 0.338 e. The topological polar surface area (TPSA) is 41.6 Å². The highest BCUT2D eigenvalue weighted by Gasteiger charge is 2.32. The maximum atomic E-state index is 14.7. The van der Waals surface area contributed by atoms with E-state index in [9.17, 15) is 17.6 Å². The Kier molecular flexibility index (Phi) is 4.51. The Hall–Kier alpha value is -2.64. The van der Waals surface area contributed by atoms with Crippen LogP contribution in [0.2, 0.25) is 10.0 Å². The molecule has 0 saturated carbocycles. The lowest BCUT2D eigenvalue weighted by Gasteiger charge is -2.06. The fourth-order valence-electron chi connectivity index (χ4n) is 2.82. The molecular weight excluding hydrogens is 417 g/mol. The average Bonchev–Trinajstić information content (AvgIpc) is 3.06. The van der Waals surface area contributed by atoms with Gasteiger partial charge in [0.2, 0.25) is 0 Å². The summed E-state index contributed by atoms with van der Waals surface area (Å²) < 4.78 is 53.6. The quantitative estimate of drug-likeness (QED) is 0.360. The summed E-state index contributed by atoms with van der Waals surface area (Å²) in [4.78, 5) is 11.0. The molecule has 2 aromatic carbocycles. The lowest BCUT2D eigenvalue weighted by atomic mass is 10.1. The number of aromatic amines is 1. The molecule has 2 aromatic heterocycles. The highest BCUT2D eigenvalue weighted by molar-refractivity contribution is 6.35. The van der Waals surface area contributed by atoms with Crippen LogP contribution in [0.25, 0.3) is 33.7 Å². The predicted octanol–water partition coefficient (Wildman–Crippen LogP) is 6.76. The number of aromatic nitrogens is 3. The van der Waals surface area contributed by atoms with Crippen LogP contribution in [0, 0.1) is 5.82 Å². The van der Waals surface area contributed by atoms with E-state index in [1.54, 1.807) is 18.2 Å². The van der Waals surface area contributed by atoms with E-state index in [2.05, 4.69) is 15.0 Å². The molecule has 9 heteroatoms. The van der Waals surface area contributed by atoms with Crippen molar-refractivity contribution in [3.05, 3.63) is 70.1 Å². The van der Waals surface area contributed by atoms with Crippen LogP contribution in [0.1, 0.15) is 5.56 Å². The van der Waals surface area contributed by atoms with Crippen LogP contribution in [-0.4, -0.2) is 15.0 Å². The van der Waals surface area contributed by atoms with E-state index in [-0.39, 0.29) is 27.4 Å². The second kappa shape index (κ2) is 6.76. The molecule has 3 nitrogen and oxygen atoms in total. The zero-order valence-electron chi connectivity index (χ0n) is 13.8. The largest absolute Gasteiger partial charge is 0.416 e. The first-order chi connectivity index (χ1) is 13.2. The number of fused-ring (bicyclic) bond motifs is 1. The van der Waals surface area contributed by atoms with Gasteiger partial charge >= 0.3 is 6.18 Å². The third-order valence-corrected chi connectivity index (χ3v) is 4.72. The van der Waals surface area contributed by atoms with E-state index in [0.717, 1.165) is 12.1 Å². The minimum Gasteiger partial charge on any atom is -0.338 e. The molecule has 142 valence electrons. The molecule has 28 heavy (non-hydrogen) atoms. The van der Waals surface area contributed by atoms with Gasteiger partial charge < -0.3 is 4.98 Å². The first-order valence-corrected chi connectivity index (χ1v) is 8.67. The number of H-pyrrole nitrogens is 1. The number of hydrogen-bond acceptors (Lipinski definition) is 2. The molecule has 0 aliphatic rings. The minimum atomic E-state index is -4.56. The molecule has 1 N–H and O–H groups in total.